The molecule has 1 saturated heterocycles. The highest BCUT2D eigenvalue weighted by molar-refractivity contribution is 5.78. The number of likely N-dealkylation sites (tertiary alicyclic amines) is 1. The van der Waals surface area contributed by atoms with Crippen LogP contribution < -0.4 is 4.74 Å². The molecule has 1 amide bonds. The van der Waals surface area contributed by atoms with Gasteiger partial charge in [0, 0.05) is 37.0 Å². The molecule has 1 aliphatic heterocycles. The summed E-state index contributed by atoms with van der Waals surface area (Å²) in [5.74, 6) is 0.432. The predicted octanol–water partition coefficient (Wildman–Crippen LogP) is 3.76. The quantitative estimate of drug-likeness (QED) is 0.719. The lowest BCUT2D eigenvalue weighted by molar-refractivity contribution is -0.141. The van der Waals surface area contributed by atoms with E-state index in [0.29, 0.717) is 42.8 Å². The van der Waals surface area contributed by atoms with Gasteiger partial charge in [0.1, 0.15) is 5.69 Å². The minimum Gasteiger partial charge on any atom is -0.468 e. The predicted molar refractivity (Wildman–Crippen MR) is 99.4 cm³/mol. The maximum Gasteiger partial charge on any atom is 0.433 e. The molecule has 0 aromatic carbocycles. The summed E-state index contributed by atoms with van der Waals surface area (Å²) < 4.78 is 43.9. The van der Waals surface area contributed by atoms with Crippen molar-refractivity contribution in [1.29, 1.82) is 0 Å². The Hall–Kier alpha value is -3.10. The Labute approximate surface area is 164 Å². The molecule has 0 saturated carbocycles. The Kier molecular flexibility index (Phi) is 5.12. The van der Waals surface area contributed by atoms with E-state index < -0.39 is 11.9 Å². The van der Waals surface area contributed by atoms with Gasteiger partial charge in [-0.05, 0) is 37.1 Å². The van der Waals surface area contributed by atoms with Gasteiger partial charge in [-0.1, -0.05) is 6.07 Å². The smallest absolute Gasteiger partial charge is 0.433 e. The summed E-state index contributed by atoms with van der Waals surface area (Å²) in [5.41, 5.74) is 0.833. The van der Waals surface area contributed by atoms with Crippen LogP contribution >= 0.6 is 0 Å². The van der Waals surface area contributed by atoms with Gasteiger partial charge >= 0.3 is 6.18 Å². The van der Waals surface area contributed by atoms with Crippen LogP contribution in [0.4, 0.5) is 13.2 Å². The zero-order valence-corrected chi connectivity index (χ0v) is 15.4. The molecule has 3 aromatic heterocycles. The maximum atomic E-state index is 12.8. The molecule has 6 nitrogen and oxygen atoms in total. The largest absolute Gasteiger partial charge is 0.468 e. The van der Waals surface area contributed by atoms with Crippen molar-refractivity contribution in [3.8, 4) is 5.88 Å². The molecule has 1 aliphatic rings. The normalized spacial score (nSPS) is 15.6. The number of fused-ring (bicyclic) bond motifs is 1. The lowest BCUT2D eigenvalue weighted by Crippen LogP contribution is -2.40. The first-order valence-electron chi connectivity index (χ1n) is 9.28. The van der Waals surface area contributed by atoms with E-state index in [1.54, 1.807) is 35.4 Å². The number of nitrogens with zero attached hydrogens (tertiary/aromatic N) is 3. The molecule has 0 atom stereocenters. The number of amides is 1. The first-order valence-corrected chi connectivity index (χ1v) is 9.28. The van der Waals surface area contributed by atoms with Crippen LogP contribution in [0.25, 0.3) is 11.0 Å². The number of aromatic amines is 1. The van der Waals surface area contributed by atoms with E-state index in [-0.39, 0.29) is 18.4 Å². The Morgan fingerprint density at radius 2 is 2.00 bits per heavy atom. The Bertz CT molecular complexity index is 996. The van der Waals surface area contributed by atoms with Crippen molar-refractivity contribution in [2.75, 3.05) is 19.7 Å². The summed E-state index contributed by atoms with van der Waals surface area (Å²) in [4.78, 5) is 25.0. The fourth-order valence-corrected chi connectivity index (χ4v) is 3.51. The Morgan fingerprint density at radius 1 is 1.21 bits per heavy atom. The highest BCUT2D eigenvalue weighted by Gasteiger charge is 2.33. The van der Waals surface area contributed by atoms with Crippen LogP contribution in [-0.2, 0) is 11.0 Å². The zero-order chi connectivity index (χ0) is 20.4. The van der Waals surface area contributed by atoms with Crippen LogP contribution in [-0.4, -0.2) is 45.5 Å². The van der Waals surface area contributed by atoms with Gasteiger partial charge in [-0.2, -0.15) is 13.2 Å². The van der Waals surface area contributed by atoms with Crippen molar-refractivity contribution in [1.82, 2.24) is 19.9 Å². The zero-order valence-electron chi connectivity index (χ0n) is 15.4. The number of aromatic nitrogens is 3. The number of ether oxygens (including phenoxy) is 1. The van der Waals surface area contributed by atoms with Crippen molar-refractivity contribution in [3.63, 3.8) is 0 Å². The standard InChI is InChI=1S/C20H19F3N4O2/c21-20(22,23)17-5-4-14-16(26-17)11-15(25-14)13-6-9-27(10-7-13)19(28)12-29-18-3-1-2-8-24-18/h1-5,8,11,13,25H,6-7,9-10,12H2. The second-order valence-corrected chi connectivity index (χ2v) is 6.96. The Morgan fingerprint density at radius 3 is 2.69 bits per heavy atom. The summed E-state index contributed by atoms with van der Waals surface area (Å²) in [6, 6.07) is 9.30. The molecule has 1 fully saturated rings. The monoisotopic (exact) mass is 404 g/mol. The number of carbonyl (C=O) groups excluding carboxylic acids is 1. The number of hydrogen-bond donors (Lipinski definition) is 1. The van der Waals surface area contributed by atoms with Crippen LogP contribution in [0.3, 0.4) is 0 Å². The van der Waals surface area contributed by atoms with E-state index in [4.69, 9.17) is 4.74 Å². The molecule has 3 aromatic rings. The van der Waals surface area contributed by atoms with Crippen molar-refractivity contribution in [2.45, 2.75) is 24.9 Å². The van der Waals surface area contributed by atoms with Crippen molar-refractivity contribution >= 4 is 16.9 Å². The third kappa shape index (κ3) is 4.33. The SMILES string of the molecule is O=C(COc1ccccn1)N1CCC(c2cc3nc(C(F)(F)F)ccc3[nH]2)CC1. The van der Waals surface area contributed by atoms with Gasteiger partial charge < -0.3 is 14.6 Å². The maximum absolute atomic E-state index is 12.8. The van der Waals surface area contributed by atoms with Crippen LogP contribution in [0.5, 0.6) is 5.88 Å². The number of carbonyl (C=O) groups is 1. The van der Waals surface area contributed by atoms with Gasteiger partial charge in [-0.25, -0.2) is 9.97 Å². The fourth-order valence-electron chi connectivity index (χ4n) is 3.51. The van der Waals surface area contributed by atoms with Gasteiger partial charge in [-0.15, -0.1) is 0 Å². The summed E-state index contributed by atoms with van der Waals surface area (Å²) in [6.07, 6.45) is -1.44. The van der Waals surface area contributed by atoms with Gasteiger partial charge in [0.05, 0.1) is 11.0 Å². The summed E-state index contributed by atoms with van der Waals surface area (Å²) in [6.45, 7) is 1.05. The molecule has 152 valence electrons. The van der Waals surface area contributed by atoms with Gasteiger partial charge in [0.25, 0.3) is 5.91 Å². The summed E-state index contributed by atoms with van der Waals surface area (Å²) in [5, 5.41) is 0. The van der Waals surface area contributed by atoms with Crippen molar-refractivity contribution in [3.05, 3.63) is 54.0 Å². The molecular formula is C20H19F3N4O2. The molecule has 4 heterocycles. The van der Waals surface area contributed by atoms with E-state index in [2.05, 4.69) is 15.0 Å². The molecule has 0 bridgehead atoms. The minimum absolute atomic E-state index is 0.0712. The highest BCUT2D eigenvalue weighted by atomic mass is 19.4. The van der Waals surface area contributed by atoms with Gasteiger partial charge in [0.15, 0.2) is 6.61 Å². The molecule has 4 rings (SSSR count). The average Bonchev–Trinajstić information content (AvgIpc) is 3.16. The number of halogens is 3. The second-order valence-electron chi connectivity index (χ2n) is 6.96. The lowest BCUT2D eigenvalue weighted by atomic mass is 9.93. The number of pyridine rings is 2. The lowest BCUT2D eigenvalue weighted by Gasteiger charge is -2.31. The molecule has 29 heavy (non-hydrogen) atoms. The number of rotatable bonds is 4. The van der Waals surface area contributed by atoms with Crippen LogP contribution in [0.15, 0.2) is 42.6 Å². The molecule has 1 N–H and O–H groups in total. The number of alkyl halides is 3. The first-order chi connectivity index (χ1) is 13.9. The molecule has 0 unspecified atom stereocenters. The van der Waals surface area contributed by atoms with E-state index in [0.717, 1.165) is 11.8 Å². The molecule has 9 heteroatoms. The van der Waals surface area contributed by atoms with Gasteiger partial charge in [-0.3, -0.25) is 4.79 Å². The number of nitrogens with one attached hydrogen (secondary N) is 1. The summed E-state index contributed by atoms with van der Waals surface area (Å²) >= 11 is 0. The minimum atomic E-state index is -4.46. The van der Waals surface area contributed by atoms with Gasteiger partial charge in [0.2, 0.25) is 5.88 Å². The number of H-pyrrole nitrogens is 1. The van der Waals surface area contributed by atoms with E-state index in [9.17, 15) is 18.0 Å². The number of hydrogen-bond acceptors (Lipinski definition) is 4. The summed E-state index contributed by atoms with van der Waals surface area (Å²) in [7, 11) is 0. The third-order valence-corrected chi connectivity index (χ3v) is 5.06. The Balaban J connectivity index is 1.36. The second kappa shape index (κ2) is 7.73. The first kappa shape index (κ1) is 19.2. The van der Waals surface area contributed by atoms with E-state index in [1.165, 1.54) is 6.07 Å². The van der Waals surface area contributed by atoms with E-state index >= 15 is 0 Å². The molecule has 0 spiro atoms. The van der Waals surface area contributed by atoms with E-state index in [1.807, 2.05) is 0 Å². The van der Waals surface area contributed by atoms with Crippen molar-refractivity contribution < 1.29 is 22.7 Å². The third-order valence-electron chi connectivity index (χ3n) is 5.06. The van der Waals surface area contributed by atoms with Crippen molar-refractivity contribution in [2.24, 2.45) is 0 Å². The molecule has 0 aliphatic carbocycles. The van der Waals surface area contributed by atoms with Crippen LogP contribution in [0, 0.1) is 0 Å². The molecular weight excluding hydrogens is 385 g/mol. The topological polar surface area (TPSA) is 71.1 Å². The average molecular weight is 404 g/mol. The highest BCUT2D eigenvalue weighted by Crippen LogP contribution is 2.32. The fraction of sp³-hybridized carbons (Fsp3) is 0.350. The molecule has 0 radical (unpaired) electrons. The van der Waals surface area contributed by atoms with Crippen LogP contribution in [0.2, 0.25) is 0 Å². The number of piperidine rings is 1. The van der Waals surface area contributed by atoms with Crippen LogP contribution in [0.1, 0.15) is 30.1 Å².